The van der Waals surface area contributed by atoms with Crippen molar-refractivity contribution < 1.29 is 19.1 Å². The number of aromatic nitrogens is 1. The molecule has 0 bridgehead atoms. The molecule has 1 aromatic heterocycles. The van der Waals surface area contributed by atoms with Crippen molar-refractivity contribution in [1.82, 2.24) is 14.8 Å². The summed E-state index contributed by atoms with van der Waals surface area (Å²) in [4.78, 5) is 32.9. The Morgan fingerprint density at radius 2 is 1.93 bits per heavy atom. The molecule has 8 heteroatoms. The molecule has 7 nitrogen and oxygen atoms in total. The lowest BCUT2D eigenvalue weighted by Gasteiger charge is -2.38. The number of ether oxygens (including phenoxy) is 2. The maximum absolute atomic E-state index is 12.9. The van der Waals surface area contributed by atoms with Crippen molar-refractivity contribution >= 4 is 23.6 Å². The molecule has 3 heterocycles. The Balaban J connectivity index is 1.44. The van der Waals surface area contributed by atoms with Gasteiger partial charge in [0.15, 0.2) is 0 Å². The molecule has 1 aromatic carbocycles. The van der Waals surface area contributed by atoms with Gasteiger partial charge in [-0.15, -0.1) is 0 Å². The molecular weight excluding hydrogens is 394 g/mol. The van der Waals surface area contributed by atoms with Crippen LogP contribution >= 0.6 is 11.6 Å². The molecule has 152 valence electrons. The van der Waals surface area contributed by atoms with E-state index in [1.807, 2.05) is 35.2 Å². The van der Waals surface area contributed by atoms with E-state index < -0.39 is 0 Å². The third kappa shape index (κ3) is 4.00. The van der Waals surface area contributed by atoms with E-state index in [1.165, 1.54) is 7.11 Å². The van der Waals surface area contributed by atoms with E-state index in [-0.39, 0.29) is 29.2 Å². The van der Waals surface area contributed by atoms with Gasteiger partial charge < -0.3 is 14.4 Å². The van der Waals surface area contributed by atoms with E-state index >= 15 is 0 Å². The van der Waals surface area contributed by atoms with E-state index in [0.717, 1.165) is 5.56 Å². The van der Waals surface area contributed by atoms with Gasteiger partial charge in [-0.05, 0) is 24.5 Å². The van der Waals surface area contributed by atoms with Gasteiger partial charge in [0, 0.05) is 30.8 Å². The Labute approximate surface area is 174 Å². The van der Waals surface area contributed by atoms with E-state index in [2.05, 4.69) is 4.98 Å². The van der Waals surface area contributed by atoms with Crippen molar-refractivity contribution in [3.63, 3.8) is 0 Å². The zero-order valence-electron chi connectivity index (χ0n) is 16.1. The van der Waals surface area contributed by atoms with Crippen molar-refractivity contribution in [2.45, 2.75) is 24.9 Å². The monoisotopic (exact) mass is 415 g/mol. The van der Waals surface area contributed by atoms with Crippen LogP contribution in [-0.2, 0) is 4.74 Å². The maximum atomic E-state index is 12.9. The molecule has 0 unspecified atom stereocenters. The number of amides is 2. The highest BCUT2D eigenvalue weighted by molar-refractivity contribution is 6.29. The topological polar surface area (TPSA) is 72.0 Å². The second kappa shape index (κ2) is 8.29. The average molecular weight is 416 g/mol. The number of rotatable bonds is 4. The van der Waals surface area contributed by atoms with Crippen LogP contribution < -0.4 is 4.74 Å². The molecule has 1 atom stereocenters. The Morgan fingerprint density at radius 3 is 2.62 bits per heavy atom. The largest absolute Gasteiger partial charge is 0.481 e. The fourth-order valence-electron chi connectivity index (χ4n) is 4.00. The highest BCUT2D eigenvalue weighted by atomic mass is 35.5. The number of nitrogens with zero attached hydrogens (tertiary/aromatic N) is 3. The molecule has 0 N–H and O–H groups in total. The maximum Gasteiger partial charge on any atom is 0.410 e. The molecule has 2 saturated heterocycles. The van der Waals surface area contributed by atoms with Gasteiger partial charge in [0.25, 0.3) is 5.91 Å². The first-order chi connectivity index (χ1) is 14.1. The third-order valence-electron chi connectivity index (χ3n) is 5.47. The molecule has 0 radical (unpaired) electrons. The van der Waals surface area contributed by atoms with Gasteiger partial charge in [0.2, 0.25) is 5.88 Å². The minimum Gasteiger partial charge on any atom is -0.481 e. The van der Waals surface area contributed by atoms with Crippen LogP contribution in [0.15, 0.2) is 42.5 Å². The number of carbonyl (C=O) groups excluding carboxylic acids is 2. The van der Waals surface area contributed by atoms with Crippen LogP contribution in [0.2, 0.25) is 5.15 Å². The van der Waals surface area contributed by atoms with Gasteiger partial charge in [-0.25, -0.2) is 9.78 Å². The number of halogens is 1. The predicted octanol–water partition coefficient (Wildman–Crippen LogP) is 3.54. The summed E-state index contributed by atoms with van der Waals surface area (Å²) in [5, 5.41) is 0.216. The molecule has 29 heavy (non-hydrogen) atoms. The van der Waals surface area contributed by atoms with Gasteiger partial charge in [0.05, 0.1) is 13.2 Å². The first-order valence-electron chi connectivity index (χ1n) is 9.57. The Bertz CT molecular complexity index is 900. The van der Waals surface area contributed by atoms with Crippen LogP contribution in [0.5, 0.6) is 5.88 Å². The molecule has 4 rings (SSSR count). The summed E-state index contributed by atoms with van der Waals surface area (Å²) >= 11 is 5.99. The van der Waals surface area contributed by atoms with Crippen molar-refractivity contribution in [2.75, 3.05) is 26.8 Å². The molecule has 0 saturated carbocycles. The number of piperidine rings is 1. The summed E-state index contributed by atoms with van der Waals surface area (Å²) < 4.78 is 10.4. The predicted molar refractivity (Wildman–Crippen MR) is 107 cm³/mol. The molecule has 2 amide bonds. The van der Waals surface area contributed by atoms with Gasteiger partial charge in [-0.3, -0.25) is 9.69 Å². The van der Waals surface area contributed by atoms with Crippen molar-refractivity contribution in [2.24, 2.45) is 0 Å². The molecule has 2 fully saturated rings. The fourth-order valence-corrected chi connectivity index (χ4v) is 4.20. The van der Waals surface area contributed by atoms with Crippen LogP contribution in [-0.4, -0.2) is 59.6 Å². The Morgan fingerprint density at radius 1 is 1.21 bits per heavy atom. The summed E-state index contributed by atoms with van der Waals surface area (Å²) in [5.74, 6) is 0.191. The van der Waals surface area contributed by atoms with Crippen LogP contribution in [0.4, 0.5) is 4.79 Å². The fraction of sp³-hybridized carbons (Fsp3) is 0.381. The second-order valence-corrected chi connectivity index (χ2v) is 7.54. The molecule has 2 aliphatic rings. The second-order valence-electron chi connectivity index (χ2n) is 7.15. The Hall–Kier alpha value is -2.80. The van der Waals surface area contributed by atoms with E-state index in [4.69, 9.17) is 21.1 Å². The highest BCUT2D eigenvalue weighted by Gasteiger charge is 2.40. The lowest BCUT2D eigenvalue weighted by atomic mass is 9.98. The van der Waals surface area contributed by atoms with Crippen LogP contribution in [0, 0.1) is 0 Å². The SMILES string of the molecule is COc1cc(C(=O)N2CCC(N3C(=O)OC[C@H]3c3ccccc3)CC2)cc(Cl)n1. The molecule has 2 aromatic rings. The lowest BCUT2D eigenvalue weighted by Crippen LogP contribution is -2.47. The average Bonchev–Trinajstić information content (AvgIpc) is 3.15. The standard InChI is InChI=1S/C21H22ClN3O4/c1-28-19-12-15(11-18(22)23-19)20(26)24-9-7-16(8-10-24)25-17(13-29-21(25)27)14-5-3-2-4-6-14/h2-6,11-12,16-17H,7-10,13H2,1H3/t17-/m0/s1. The first kappa shape index (κ1) is 19.5. The zero-order valence-corrected chi connectivity index (χ0v) is 16.8. The summed E-state index contributed by atoms with van der Waals surface area (Å²) in [5.41, 5.74) is 1.51. The number of carbonyl (C=O) groups is 2. The van der Waals surface area contributed by atoms with Crippen LogP contribution in [0.25, 0.3) is 0 Å². The minimum absolute atomic E-state index is 0.0369. The van der Waals surface area contributed by atoms with E-state index in [9.17, 15) is 9.59 Å². The normalized spacial score (nSPS) is 19.9. The number of methoxy groups -OCH3 is 1. The van der Waals surface area contributed by atoms with Crippen molar-refractivity contribution in [1.29, 1.82) is 0 Å². The molecule has 0 spiro atoms. The van der Waals surface area contributed by atoms with Gasteiger partial charge >= 0.3 is 6.09 Å². The molecular formula is C21H22ClN3O4. The smallest absolute Gasteiger partial charge is 0.410 e. The first-order valence-corrected chi connectivity index (χ1v) is 9.95. The summed E-state index contributed by atoms with van der Waals surface area (Å²) in [7, 11) is 1.48. The van der Waals surface area contributed by atoms with Gasteiger partial charge in [-0.1, -0.05) is 41.9 Å². The number of cyclic esters (lactones) is 1. The van der Waals surface area contributed by atoms with Crippen molar-refractivity contribution in [3.8, 4) is 5.88 Å². The van der Waals surface area contributed by atoms with Crippen LogP contribution in [0.1, 0.15) is 34.8 Å². The number of hydrogen-bond acceptors (Lipinski definition) is 5. The summed E-state index contributed by atoms with van der Waals surface area (Å²) in [6, 6.07) is 13.0. The number of likely N-dealkylation sites (tertiary alicyclic amines) is 1. The van der Waals surface area contributed by atoms with E-state index in [0.29, 0.717) is 44.0 Å². The summed E-state index contributed by atoms with van der Waals surface area (Å²) in [6.45, 7) is 1.46. The number of benzene rings is 1. The number of hydrogen-bond donors (Lipinski definition) is 0. The molecule has 0 aliphatic carbocycles. The quantitative estimate of drug-likeness (QED) is 0.714. The summed E-state index contributed by atoms with van der Waals surface area (Å²) in [6.07, 6.45) is 1.11. The minimum atomic E-state index is -0.283. The third-order valence-corrected chi connectivity index (χ3v) is 5.66. The zero-order chi connectivity index (χ0) is 20.4. The van der Waals surface area contributed by atoms with Gasteiger partial charge in [0.1, 0.15) is 11.8 Å². The lowest BCUT2D eigenvalue weighted by molar-refractivity contribution is 0.0635. The number of pyridine rings is 1. The van der Waals surface area contributed by atoms with E-state index in [1.54, 1.807) is 17.0 Å². The van der Waals surface area contributed by atoms with Gasteiger partial charge in [-0.2, -0.15) is 0 Å². The van der Waals surface area contributed by atoms with Crippen LogP contribution in [0.3, 0.4) is 0 Å². The Kier molecular flexibility index (Phi) is 5.58. The molecule has 2 aliphatic heterocycles. The highest BCUT2D eigenvalue weighted by Crippen LogP contribution is 2.33. The van der Waals surface area contributed by atoms with Crippen molar-refractivity contribution in [3.05, 3.63) is 58.7 Å².